The van der Waals surface area contributed by atoms with Crippen molar-refractivity contribution in [3.05, 3.63) is 29.6 Å². The van der Waals surface area contributed by atoms with Gasteiger partial charge in [0.25, 0.3) is 0 Å². The fraction of sp³-hybridized carbons (Fsp3) is 0.455. The smallest absolute Gasteiger partial charge is 0.207 e. The molecule has 0 aromatic heterocycles. The van der Waals surface area contributed by atoms with Crippen LogP contribution >= 0.6 is 11.6 Å². The topological polar surface area (TPSA) is 46.2 Å². The van der Waals surface area contributed by atoms with E-state index in [-0.39, 0.29) is 16.8 Å². The predicted octanol–water partition coefficient (Wildman–Crippen LogP) is 2.43. The summed E-state index contributed by atoms with van der Waals surface area (Å²) in [5, 5.41) is 0. The van der Waals surface area contributed by atoms with Crippen molar-refractivity contribution in [2.24, 2.45) is 0 Å². The Hall–Kier alpha value is -0.650. The lowest BCUT2D eigenvalue weighted by atomic mass is 10.2. The zero-order chi connectivity index (χ0) is 13.1. The maximum atomic E-state index is 13.1. The van der Waals surface area contributed by atoms with E-state index < -0.39 is 15.8 Å². The number of rotatable bonds is 5. The van der Waals surface area contributed by atoms with Crippen LogP contribution < -0.4 is 4.72 Å². The monoisotopic (exact) mass is 279 g/mol. The van der Waals surface area contributed by atoms with Crippen molar-refractivity contribution in [3.63, 3.8) is 0 Å². The van der Waals surface area contributed by atoms with Gasteiger partial charge in [-0.05, 0) is 31.0 Å². The second kappa shape index (κ2) is 5.80. The van der Waals surface area contributed by atoms with Gasteiger partial charge in [-0.2, -0.15) is 0 Å². The Labute approximate surface area is 106 Å². The summed E-state index contributed by atoms with van der Waals surface area (Å²) < 4.78 is 39.5. The van der Waals surface area contributed by atoms with Crippen LogP contribution in [0.3, 0.4) is 0 Å². The van der Waals surface area contributed by atoms with Crippen LogP contribution in [0.2, 0.25) is 0 Å². The molecule has 1 aromatic rings. The highest BCUT2D eigenvalue weighted by Gasteiger charge is 2.20. The highest BCUT2D eigenvalue weighted by atomic mass is 35.5. The Morgan fingerprint density at radius 3 is 2.65 bits per heavy atom. The van der Waals surface area contributed by atoms with Crippen molar-refractivity contribution < 1.29 is 12.8 Å². The zero-order valence-electron chi connectivity index (χ0n) is 9.70. The molecule has 3 nitrogen and oxygen atoms in total. The first kappa shape index (κ1) is 14.4. The second-order valence-corrected chi connectivity index (χ2v) is 5.78. The molecule has 0 spiro atoms. The van der Waals surface area contributed by atoms with E-state index in [1.54, 1.807) is 6.92 Å². The third-order valence-corrected chi connectivity index (χ3v) is 4.48. The average molecular weight is 280 g/mol. The van der Waals surface area contributed by atoms with Crippen molar-refractivity contribution >= 4 is 21.6 Å². The molecule has 0 aliphatic rings. The van der Waals surface area contributed by atoms with Crippen molar-refractivity contribution in [1.29, 1.82) is 0 Å². The van der Waals surface area contributed by atoms with Gasteiger partial charge in [0.05, 0.1) is 4.90 Å². The maximum absolute atomic E-state index is 13.1. The summed E-state index contributed by atoms with van der Waals surface area (Å²) in [6.07, 6.45) is 0.580. The largest absolute Gasteiger partial charge is 0.241 e. The molecule has 0 aliphatic heterocycles. The van der Waals surface area contributed by atoms with Crippen LogP contribution in [0.5, 0.6) is 0 Å². The molecule has 0 fully saturated rings. The van der Waals surface area contributed by atoms with Gasteiger partial charge in [-0.25, -0.2) is 17.5 Å². The number of halogens is 2. The SMILES string of the molecule is CCC(CCl)NS(=O)(=O)c1cc(F)ccc1C. The molecule has 0 amide bonds. The third-order valence-electron chi connectivity index (χ3n) is 2.44. The zero-order valence-corrected chi connectivity index (χ0v) is 11.3. The molecule has 0 heterocycles. The summed E-state index contributed by atoms with van der Waals surface area (Å²) in [4.78, 5) is -0.0407. The number of alkyl halides is 1. The Morgan fingerprint density at radius 1 is 1.47 bits per heavy atom. The van der Waals surface area contributed by atoms with Crippen molar-refractivity contribution in [1.82, 2.24) is 4.72 Å². The second-order valence-electron chi connectivity index (χ2n) is 3.79. The van der Waals surface area contributed by atoms with Crippen LogP contribution in [-0.2, 0) is 10.0 Å². The maximum Gasteiger partial charge on any atom is 0.241 e. The highest BCUT2D eigenvalue weighted by Crippen LogP contribution is 2.17. The van der Waals surface area contributed by atoms with Crippen molar-refractivity contribution in [2.75, 3.05) is 5.88 Å². The average Bonchev–Trinajstić information content (AvgIpc) is 2.29. The van der Waals surface area contributed by atoms with Crippen LogP contribution in [0, 0.1) is 12.7 Å². The van der Waals surface area contributed by atoms with E-state index in [1.165, 1.54) is 12.1 Å². The molecule has 1 N–H and O–H groups in total. The van der Waals surface area contributed by atoms with Gasteiger partial charge in [-0.1, -0.05) is 13.0 Å². The van der Waals surface area contributed by atoms with Crippen LogP contribution in [0.1, 0.15) is 18.9 Å². The molecule has 1 unspecified atom stereocenters. The summed E-state index contributed by atoms with van der Waals surface area (Å²) in [5.41, 5.74) is 0.503. The Balaban J connectivity index is 3.09. The summed E-state index contributed by atoms with van der Waals surface area (Å²) in [7, 11) is -3.71. The van der Waals surface area contributed by atoms with E-state index in [9.17, 15) is 12.8 Å². The van der Waals surface area contributed by atoms with Crippen molar-refractivity contribution in [2.45, 2.75) is 31.2 Å². The van der Waals surface area contributed by atoms with E-state index in [2.05, 4.69) is 4.72 Å². The minimum Gasteiger partial charge on any atom is -0.207 e. The molecule has 96 valence electrons. The van der Waals surface area contributed by atoms with Crippen molar-refractivity contribution in [3.8, 4) is 0 Å². The van der Waals surface area contributed by atoms with Gasteiger partial charge in [0.15, 0.2) is 0 Å². The molecule has 0 aliphatic carbocycles. The number of sulfonamides is 1. The first-order chi connectivity index (χ1) is 7.90. The number of hydrogen-bond acceptors (Lipinski definition) is 2. The molecule has 1 aromatic carbocycles. The number of hydrogen-bond donors (Lipinski definition) is 1. The highest BCUT2D eigenvalue weighted by molar-refractivity contribution is 7.89. The third kappa shape index (κ3) is 3.66. The van der Waals surface area contributed by atoms with Gasteiger partial charge in [-0.3, -0.25) is 0 Å². The van der Waals surface area contributed by atoms with Crippen LogP contribution in [-0.4, -0.2) is 20.3 Å². The predicted molar refractivity (Wildman–Crippen MR) is 66.3 cm³/mol. The van der Waals surface area contributed by atoms with Gasteiger partial charge in [0.2, 0.25) is 10.0 Å². The molecule has 0 radical (unpaired) electrons. The van der Waals surface area contributed by atoms with Gasteiger partial charge in [0, 0.05) is 11.9 Å². The molecule has 17 heavy (non-hydrogen) atoms. The summed E-state index contributed by atoms with van der Waals surface area (Å²) in [6.45, 7) is 3.45. The molecule has 1 rings (SSSR count). The van der Waals surface area contributed by atoms with E-state index >= 15 is 0 Å². The van der Waals surface area contributed by atoms with Crippen LogP contribution in [0.4, 0.5) is 4.39 Å². The summed E-state index contributed by atoms with van der Waals surface area (Å²) in [5.74, 6) is -0.390. The fourth-order valence-electron chi connectivity index (χ4n) is 1.37. The first-order valence-corrected chi connectivity index (χ1v) is 7.27. The normalized spacial score (nSPS) is 13.6. The number of aryl methyl sites for hydroxylation is 1. The van der Waals surface area contributed by atoms with Gasteiger partial charge >= 0.3 is 0 Å². The van der Waals surface area contributed by atoms with E-state index in [4.69, 9.17) is 11.6 Å². The fourth-order valence-corrected chi connectivity index (χ4v) is 3.33. The molecule has 0 bridgehead atoms. The molecule has 1 atom stereocenters. The minimum absolute atomic E-state index is 0.0407. The van der Waals surface area contributed by atoms with E-state index in [0.717, 1.165) is 6.07 Å². The Morgan fingerprint density at radius 2 is 2.12 bits per heavy atom. The molecule has 6 heteroatoms. The van der Waals surface area contributed by atoms with Crippen LogP contribution in [0.15, 0.2) is 23.1 Å². The lowest BCUT2D eigenvalue weighted by molar-refractivity contribution is 0.554. The summed E-state index contributed by atoms with van der Waals surface area (Å²) in [6, 6.07) is 3.33. The first-order valence-electron chi connectivity index (χ1n) is 5.25. The Bertz CT molecular complexity index is 486. The standard InChI is InChI=1S/C11H15ClFNO2S/c1-3-10(7-12)14-17(15,16)11-6-9(13)5-4-8(11)2/h4-6,10,14H,3,7H2,1-2H3. The van der Waals surface area contributed by atoms with E-state index in [0.29, 0.717) is 12.0 Å². The number of benzene rings is 1. The Kier molecular flexibility index (Phi) is 4.91. The molecular formula is C11H15ClFNO2S. The van der Waals surface area contributed by atoms with Crippen LogP contribution in [0.25, 0.3) is 0 Å². The minimum atomic E-state index is -3.71. The van der Waals surface area contributed by atoms with Gasteiger partial charge in [-0.15, -0.1) is 11.6 Å². The summed E-state index contributed by atoms with van der Waals surface area (Å²) >= 11 is 5.63. The van der Waals surface area contributed by atoms with E-state index in [1.807, 2.05) is 6.92 Å². The van der Waals surface area contributed by atoms with Gasteiger partial charge < -0.3 is 0 Å². The number of nitrogens with one attached hydrogen (secondary N) is 1. The molecule has 0 saturated carbocycles. The lowest BCUT2D eigenvalue weighted by Gasteiger charge is -2.15. The lowest BCUT2D eigenvalue weighted by Crippen LogP contribution is -2.36. The quantitative estimate of drug-likeness (QED) is 0.842. The molecular weight excluding hydrogens is 265 g/mol. The molecule has 0 saturated heterocycles. The van der Waals surface area contributed by atoms with Gasteiger partial charge in [0.1, 0.15) is 5.82 Å².